The summed E-state index contributed by atoms with van der Waals surface area (Å²) in [6, 6.07) is 7.87. The van der Waals surface area contributed by atoms with E-state index in [1.54, 1.807) is 13.8 Å². The molecule has 0 spiro atoms. The molecule has 2 atom stereocenters. The lowest BCUT2D eigenvalue weighted by molar-refractivity contribution is -0.138. The Balaban J connectivity index is 1.52. The van der Waals surface area contributed by atoms with E-state index in [9.17, 15) is 14.4 Å². The summed E-state index contributed by atoms with van der Waals surface area (Å²) in [5.74, 6) is -0.519. The van der Waals surface area contributed by atoms with Crippen molar-refractivity contribution in [3.63, 3.8) is 0 Å². The van der Waals surface area contributed by atoms with E-state index in [1.165, 1.54) is 0 Å². The molecule has 3 amide bonds. The Labute approximate surface area is 215 Å². The van der Waals surface area contributed by atoms with Gasteiger partial charge >= 0.3 is 0 Å². The maximum Gasteiger partial charge on any atom is 0.251 e. The van der Waals surface area contributed by atoms with Gasteiger partial charge in [0.25, 0.3) is 11.8 Å². The van der Waals surface area contributed by atoms with E-state index in [2.05, 4.69) is 52.0 Å². The molecule has 2 aliphatic heterocycles. The highest BCUT2D eigenvalue weighted by molar-refractivity contribution is 9.10. The van der Waals surface area contributed by atoms with Crippen molar-refractivity contribution in [2.45, 2.75) is 47.6 Å². The maximum absolute atomic E-state index is 12.6. The number of rotatable bonds is 5. The van der Waals surface area contributed by atoms with Crippen molar-refractivity contribution in [2.75, 3.05) is 31.6 Å². The summed E-state index contributed by atoms with van der Waals surface area (Å²) in [5, 5.41) is 2.12. The molecule has 2 aromatic rings. The van der Waals surface area contributed by atoms with Crippen LogP contribution in [0.1, 0.15) is 46.6 Å². The standard InChI is InChI=1S/C26H34BrN5O3/c1-16-17(2)25(35)32(24(16)34)29-22-12-18(20-7-6-19(27)13-21(20)28-22)15-30-8-10-31(11-9-30)23(33)14-26(3,4)5/h6-7,12-13,16-17H,8-11,14-15H2,1-5H3,(H,28,29). The minimum absolute atomic E-state index is 0.0183. The molecule has 0 aliphatic carbocycles. The minimum Gasteiger partial charge on any atom is -0.340 e. The number of nitrogens with one attached hydrogen (secondary N) is 1. The summed E-state index contributed by atoms with van der Waals surface area (Å²) in [6.45, 7) is 13.5. The lowest BCUT2D eigenvalue weighted by Crippen LogP contribution is -2.48. The lowest BCUT2D eigenvalue weighted by Gasteiger charge is -2.36. The number of aromatic nitrogens is 1. The van der Waals surface area contributed by atoms with E-state index in [0.717, 1.165) is 39.0 Å². The quantitative estimate of drug-likeness (QED) is 0.572. The number of benzene rings is 1. The van der Waals surface area contributed by atoms with Gasteiger partial charge in [-0.3, -0.25) is 24.7 Å². The molecule has 8 nitrogen and oxygen atoms in total. The first-order chi connectivity index (χ1) is 16.4. The molecular weight excluding hydrogens is 510 g/mol. The van der Waals surface area contributed by atoms with Gasteiger partial charge in [-0.05, 0) is 29.2 Å². The summed E-state index contributed by atoms with van der Waals surface area (Å²) < 4.78 is 0.905. The highest BCUT2D eigenvalue weighted by Crippen LogP contribution is 2.29. The lowest BCUT2D eigenvalue weighted by atomic mass is 9.91. The predicted octanol–water partition coefficient (Wildman–Crippen LogP) is 4.05. The zero-order valence-electron chi connectivity index (χ0n) is 21.1. The van der Waals surface area contributed by atoms with Crippen LogP contribution in [0.5, 0.6) is 0 Å². The van der Waals surface area contributed by atoms with Crippen molar-refractivity contribution in [3.8, 4) is 0 Å². The molecule has 0 saturated carbocycles. The van der Waals surface area contributed by atoms with Gasteiger partial charge in [-0.2, -0.15) is 5.01 Å². The molecule has 0 bridgehead atoms. The second-order valence-corrected chi connectivity index (χ2v) is 11.8. The maximum atomic E-state index is 12.6. The average Bonchev–Trinajstić information content (AvgIpc) is 2.96. The van der Waals surface area contributed by atoms with Gasteiger partial charge < -0.3 is 4.90 Å². The van der Waals surface area contributed by atoms with Crippen molar-refractivity contribution < 1.29 is 14.4 Å². The van der Waals surface area contributed by atoms with Crippen LogP contribution in [-0.4, -0.2) is 63.7 Å². The Kier molecular flexibility index (Phi) is 7.20. The average molecular weight is 544 g/mol. The zero-order chi connectivity index (χ0) is 25.5. The van der Waals surface area contributed by atoms with Gasteiger partial charge in [-0.1, -0.05) is 56.6 Å². The highest BCUT2D eigenvalue weighted by Gasteiger charge is 2.43. The van der Waals surface area contributed by atoms with Gasteiger partial charge in [0.2, 0.25) is 5.91 Å². The first-order valence-corrected chi connectivity index (χ1v) is 13.0. The fourth-order valence-electron chi connectivity index (χ4n) is 4.59. The Hall–Kier alpha value is -2.52. The van der Waals surface area contributed by atoms with Crippen molar-refractivity contribution >= 4 is 50.4 Å². The Morgan fingerprint density at radius 2 is 1.69 bits per heavy atom. The molecule has 1 aromatic heterocycles. The second kappa shape index (κ2) is 9.85. The number of pyridine rings is 1. The van der Waals surface area contributed by atoms with Crippen molar-refractivity contribution in [3.05, 3.63) is 34.3 Å². The van der Waals surface area contributed by atoms with Crippen LogP contribution in [0.2, 0.25) is 0 Å². The van der Waals surface area contributed by atoms with Gasteiger partial charge in [-0.25, -0.2) is 4.98 Å². The summed E-state index contributed by atoms with van der Waals surface area (Å²) >= 11 is 3.52. The topological polar surface area (TPSA) is 85.8 Å². The van der Waals surface area contributed by atoms with Crippen LogP contribution in [0.25, 0.3) is 10.9 Å². The van der Waals surface area contributed by atoms with E-state index >= 15 is 0 Å². The normalized spacial score (nSPS) is 21.8. The molecule has 3 heterocycles. The van der Waals surface area contributed by atoms with Crippen LogP contribution >= 0.6 is 15.9 Å². The second-order valence-electron chi connectivity index (χ2n) is 10.9. The number of amides is 3. The molecule has 4 rings (SSSR count). The predicted molar refractivity (Wildman–Crippen MR) is 139 cm³/mol. The highest BCUT2D eigenvalue weighted by atomic mass is 79.9. The van der Waals surface area contributed by atoms with Crippen molar-refractivity contribution in [1.82, 2.24) is 19.8 Å². The number of nitrogens with zero attached hydrogens (tertiary/aromatic N) is 4. The third kappa shape index (κ3) is 5.67. The first kappa shape index (κ1) is 25.6. The molecule has 35 heavy (non-hydrogen) atoms. The van der Waals surface area contributed by atoms with E-state index in [0.29, 0.717) is 31.9 Å². The van der Waals surface area contributed by atoms with Crippen molar-refractivity contribution in [2.24, 2.45) is 17.3 Å². The number of halogens is 1. The Morgan fingerprint density at radius 1 is 1.06 bits per heavy atom. The number of hydrogen-bond acceptors (Lipinski definition) is 6. The van der Waals surface area contributed by atoms with Crippen molar-refractivity contribution in [1.29, 1.82) is 0 Å². The molecular formula is C26H34BrN5O3. The SMILES string of the molecule is CC1C(=O)N(Nc2cc(CN3CCN(C(=O)CC(C)(C)C)CC3)c3ccc(Br)cc3n2)C(=O)C1C. The number of fused-ring (bicyclic) bond motifs is 1. The third-order valence-electron chi connectivity index (χ3n) is 6.85. The molecule has 2 unspecified atom stereocenters. The van der Waals surface area contributed by atoms with Crippen LogP contribution in [0.15, 0.2) is 28.7 Å². The number of anilines is 1. The van der Waals surface area contributed by atoms with E-state index < -0.39 is 0 Å². The van der Waals surface area contributed by atoms with E-state index in [4.69, 9.17) is 0 Å². The number of piperazine rings is 1. The van der Waals surface area contributed by atoms with Gasteiger partial charge in [0.15, 0.2) is 0 Å². The monoisotopic (exact) mass is 543 g/mol. The van der Waals surface area contributed by atoms with Gasteiger partial charge in [0.05, 0.1) is 5.52 Å². The molecule has 1 aromatic carbocycles. The van der Waals surface area contributed by atoms with Crippen LogP contribution in [0.3, 0.4) is 0 Å². The van der Waals surface area contributed by atoms with Gasteiger partial charge in [0.1, 0.15) is 5.82 Å². The Morgan fingerprint density at radius 3 is 2.29 bits per heavy atom. The largest absolute Gasteiger partial charge is 0.340 e. The number of carbonyl (C=O) groups is 3. The van der Waals surface area contributed by atoms with Crippen LogP contribution < -0.4 is 5.43 Å². The molecule has 188 valence electrons. The van der Waals surface area contributed by atoms with E-state index in [-0.39, 0.29) is 35.0 Å². The minimum atomic E-state index is -0.360. The Bertz CT molecular complexity index is 1130. The summed E-state index contributed by atoms with van der Waals surface area (Å²) in [6.07, 6.45) is 0.553. The molecule has 2 aliphatic rings. The number of hydrogen-bond donors (Lipinski definition) is 1. The zero-order valence-corrected chi connectivity index (χ0v) is 22.7. The summed E-state index contributed by atoms with van der Waals surface area (Å²) in [4.78, 5) is 46.8. The smallest absolute Gasteiger partial charge is 0.251 e. The van der Waals surface area contributed by atoms with Crippen LogP contribution in [-0.2, 0) is 20.9 Å². The van der Waals surface area contributed by atoms with Gasteiger partial charge in [0, 0.05) is 60.8 Å². The molecule has 2 saturated heterocycles. The molecule has 1 N–H and O–H groups in total. The molecule has 0 radical (unpaired) electrons. The fourth-order valence-corrected chi connectivity index (χ4v) is 4.94. The third-order valence-corrected chi connectivity index (χ3v) is 7.35. The number of imide groups is 1. The molecule has 2 fully saturated rings. The summed E-state index contributed by atoms with van der Waals surface area (Å²) in [7, 11) is 0. The summed E-state index contributed by atoms with van der Waals surface area (Å²) in [5.41, 5.74) is 4.78. The van der Waals surface area contributed by atoms with Crippen LogP contribution in [0, 0.1) is 17.3 Å². The van der Waals surface area contributed by atoms with Crippen LogP contribution in [0.4, 0.5) is 5.82 Å². The number of hydrazine groups is 1. The van der Waals surface area contributed by atoms with Gasteiger partial charge in [-0.15, -0.1) is 0 Å². The fraction of sp³-hybridized carbons (Fsp3) is 0.538. The number of carbonyl (C=O) groups excluding carboxylic acids is 3. The first-order valence-electron chi connectivity index (χ1n) is 12.2. The van der Waals surface area contributed by atoms with E-state index in [1.807, 2.05) is 29.2 Å². The molecule has 9 heteroatoms.